The van der Waals surface area contributed by atoms with Crippen LogP contribution in [0.15, 0.2) is 35.7 Å². The summed E-state index contributed by atoms with van der Waals surface area (Å²) < 4.78 is 5.19. The van der Waals surface area contributed by atoms with Crippen molar-refractivity contribution >= 4 is 28.2 Å². The summed E-state index contributed by atoms with van der Waals surface area (Å²) in [6, 6.07) is 8.75. The third kappa shape index (κ3) is 3.53. The van der Waals surface area contributed by atoms with Crippen molar-refractivity contribution in [1.82, 2.24) is 9.97 Å². The first-order chi connectivity index (χ1) is 12.0. The van der Waals surface area contributed by atoms with E-state index in [-0.39, 0.29) is 11.3 Å². The van der Waals surface area contributed by atoms with Crippen molar-refractivity contribution < 1.29 is 19.4 Å². The Hall–Kier alpha value is -3.13. The van der Waals surface area contributed by atoms with E-state index in [9.17, 15) is 9.59 Å². The van der Waals surface area contributed by atoms with Crippen molar-refractivity contribution in [3.8, 4) is 17.1 Å². The Labute approximate surface area is 147 Å². The molecule has 2 heterocycles. The van der Waals surface area contributed by atoms with E-state index in [1.807, 2.05) is 24.3 Å². The number of aromatic nitrogens is 2. The molecule has 0 radical (unpaired) electrons. The molecule has 128 valence electrons. The van der Waals surface area contributed by atoms with E-state index in [2.05, 4.69) is 15.3 Å². The Morgan fingerprint density at radius 2 is 2.12 bits per heavy atom. The fraction of sp³-hybridized carbons (Fsp3) is 0.118. The largest absolute Gasteiger partial charge is 0.497 e. The van der Waals surface area contributed by atoms with Gasteiger partial charge >= 0.3 is 5.97 Å². The second-order valence-electron chi connectivity index (χ2n) is 5.25. The number of carboxylic acid groups (broad SMARTS) is 1. The Bertz CT molecular complexity index is 945. The predicted molar refractivity (Wildman–Crippen MR) is 94.5 cm³/mol. The molecule has 0 aliphatic carbocycles. The number of benzene rings is 1. The van der Waals surface area contributed by atoms with E-state index in [1.165, 1.54) is 11.4 Å². The van der Waals surface area contributed by atoms with Crippen LogP contribution in [-0.2, 0) is 0 Å². The van der Waals surface area contributed by atoms with Gasteiger partial charge in [-0.1, -0.05) is 12.1 Å². The number of aromatic amines is 1. The zero-order chi connectivity index (χ0) is 18.0. The van der Waals surface area contributed by atoms with E-state index < -0.39 is 11.9 Å². The van der Waals surface area contributed by atoms with Gasteiger partial charge in [-0.25, -0.2) is 9.78 Å². The lowest BCUT2D eigenvalue weighted by molar-refractivity contribution is 0.0697. The SMILES string of the molecule is COc1cccc(-c2nc(C(=O)Nc3cc(C(=O)O)cs3)c(C)[nH]2)c1. The molecule has 3 rings (SSSR count). The van der Waals surface area contributed by atoms with Gasteiger partial charge in [0.15, 0.2) is 0 Å². The molecule has 0 aliphatic rings. The summed E-state index contributed by atoms with van der Waals surface area (Å²) in [4.78, 5) is 30.8. The van der Waals surface area contributed by atoms with Crippen LogP contribution < -0.4 is 10.1 Å². The molecule has 0 bridgehead atoms. The minimum atomic E-state index is -1.03. The fourth-order valence-corrected chi connectivity index (χ4v) is 3.04. The van der Waals surface area contributed by atoms with Gasteiger partial charge in [-0.3, -0.25) is 4.79 Å². The number of carboxylic acids is 1. The number of imidazole rings is 1. The van der Waals surface area contributed by atoms with Crippen molar-refractivity contribution in [3.05, 3.63) is 52.7 Å². The van der Waals surface area contributed by atoms with E-state index in [0.717, 1.165) is 16.9 Å². The molecule has 0 aliphatic heterocycles. The minimum absolute atomic E-state index is 0.135. The highest BCUT2D eigenvalue weighted by Crippen LogP contribution is 2.24. The number of rotatable bonds is 5. The van der Waals surface area contributed by atoms with Gasteiger partial charge < -0.3 is 20.1 Å². The van der Waals surface area contributed by atoms with Crippen LogP contribution in [0.4, 0.5) is 5.00 Å². The summed E-state index contributed by atoms with van der Waals surface area (Å²) >= 11 is 1.15. The lowest BCUT2D eigenvalue weighted by atomic mass is 10.2. The van der Waals surface area contributed by atoms with Crippen LogP contribution in [0.1, 0.15) is 26.5 Å². The van der Waals surface area contributed by atoms with E-state index in [0.29, 0.717) is 22.3 Å². The maximum absolute atomic E-state index is 12.4. The molecule has 1 amide bonds. The number of carbonyl (C=O) groups excluding carboxylic acids is 1. The number of nitrogens with zero attached hydrogens (tertiary/aromatic N) is 1. The molecular weight excluding hydrogens is 342 g/mol. The summed E-state index contributed by atoms with van der Waals surface area (Å²) in [5.41, 5.74) is 1.80. The standard InChI is InChI=1S/C17H15N3O4S/c1-9-14(16(21)19-13-7-11(8-25-13)17(22)23)20-15(18-9)10-4-3-5-12(6-10)24-2/h3-8H,1-2H3,(H,18,20)(H,19,21)(H,22,23). The van der Waals surface area contributed by atoms with Gasteiger partial charge in [0, 0.05) is 16.6 Å². The van der Waals surface area contributed by atoms with Crippen LogP contribution in [0.25, 0.3) is 11.4 Å². The van der Waals surface area contributed by atoms with E-state index >= 15 is 0 Å². The third-order valence-corrected chi connectivity index (χ3v) is 4.37. The lowest BCUT2D eigenvalue weighted by Gasteiger charge is -2.01. The molecule has 0 atom stereocenters. The minimum Gasteiger partial charge on any atom is -0.497 e. The number of carbonyl (C=O) groups is 2. The van der Waals surface area contributed by atoms with Gasteiger partial charge in [-0.05, 0) is 25.1 Å². The molecule has 3 aromatic rings. The summed E-state index contributed by atoms with van der Waals surface area (Å²) in [6.45, 7) is 1.75. The van der Waals surface area contributed by atoms with Gasteiger partial charge in [0.05, 0.1) is 17.7 Å². The Kier molecular flexibility index (Phi) is 4.53. The normalized spacial score (nSPS) is 10.5. The van der Waals surface area contributed by atoms with Crippen LogP contribution in [0, 0.1) is 6.92 Å². The molecule has 25 heavy (non-hydrogen) atoms. The highest BCUT2D eigenvalue weighted by atomic mass is 32.1. The van der Waals surface area contributed by atoms with E-state index in [1.54, 1.807) is 14.0 Å². The number of hydrogen-bond acceptors (Lipinski definition) is 5. The maximum Gasteiger partial charge on any atom is 0.336 e. The van der Waals surface area contributed by atoms with Crippen LogP contribution in [-0.4, -0.2) is 34.1 Å². The number of aromatic carboxylic acids is 1. The summed E-state index contributed by atoms with van der Waals surface area (Å²) in [6.07, 6.45) is 0. The number of anilines is 1. The van der Waals surface area contributed by atoms with Gasteiger partial charge in [-0.2, -0.15) is 0 Å². The summed E-state index contributed by atoms with van der Waals surface area (Å²) in [5, 5.41) is 13.5. The van der Waals surface area contributed by atoms with E-state index in [4.69, 9.17) is 9.84 Å². The second-order valence-corrected chi connectivity index (χ2v) is 6.16. The van der Waals surface area contributed by atoms with Crippen molar-refractivity contribution in [1.29, 1.82) is 0 Å². The van der Waals surface area contributed by atoms with Crippen molar-refractivity contribution in [2.75, 3.05) is 12.4 Å². The number of hydrogen-bond donors (Lipinski definition) is 3. The molecule has 7 nitrogen and oxygen atoms in total. The first-order valence-corrected chi connectivity index (χ1v) is 8.20. The molecule has 0 saturated heterocycles. The number of ether oxygens (including phenoxy) is 1. The van der Waals surface area contributed by atoms with Gasteiger partial charge in [-0.15, -0.1) is 11.3 Å². The molecule has 8 heteroatoms. The number of aryl methyl sites for hydroxylation is 1. The van der Waals surface area contributed by atoms with Crippen molar-refractivity contribution in [2.24, 2.45) is 0 Å². The first kappa shape index (κ1) is 16.7. The average Bonchev–Trinajstić information content (AvgIpc) is 3.21. The molecule has 0 unspecified atom stereocenters. The lowest BCUT2D eigenvalue weighted by Crippen LogP contribution is -2.12. The third-order valence-electron chi connectivity index (χ3n) is 3.53. The van der Waals surface area contributed by atoms with Crippen LogP contribution in [0.3, 0.4) is 0 Å². The van der Waals surface area contributed by atoms with Crippen molar-refractivity contribution in [2.45, 2.75) is 6.92 Å². The molecule has 0 spiro atoms. The molecule has 0 fully saturated rings. The van der Waals surface area contributed by atoms with Crippen molar-refractivity contribution in [3.63, 3.8) is 0 Å². The maximum atomic E-state index is 12.4. The Balaban J connectivity index is 1.83. The number of methoxy groups -OCH3 is 1. The van der Waals surface area contributed by atoms with Gasteiger partial charge in [0.1, 0.15) is 17.3 Å². The Morgan fingerprint density at radius 1 is 1.32 bits per heavy atom. The van der Waals surface area contributed by atoms with Crippen LogP contribution in [0.5, 0.6) is 5.75 Å². The number of nitrogens with one attached hydrogen (secondary N) is 2. The van der Waals surface area contributed by atoms with Crippen LogP contribution >= 0.6 is 11.3 Å². The monoisotopic (exact) mass is 357 g/mol. The zero-order valence-corrected chi connectivity index (χ0v) is 14.3. The number of amides is 1. The molecular formula is C17H15N3O4S. The number of H-pyrrole nitrogens is 1. The van der Waals surface area contributed by atoms with Gasteiger partial charge in [0.2, 0.25) is 0 Å². The summed E-state index contributed by atoms with van der Waals surface area (Å²) in [7, 11) is 1.58. The van der Waals surface area contributed by atoms with Crippen LogP contribution in [0.2, 0.25) is 0 Å². The highest BCUT2D eigenvalue weighted by Gasteiger charge is 2.17. The quantitative estimate of drug-likeness (QED) is 0.649. The Morgan fingerprint density at radius 3 is 2.80 bits per heavy atom. The molecule has 0 saturated carbocycles. The summed E-state index contributed by atoms with van der Waals surface area (Å²) in [5.74, 6) is -0.189. The molecule has 1 aromatic carbocycles. The topological polar surface area (TPSA) is 104 Å². The average molecular weight is 357 g/mol. The number of thiophene rings is 1. The smallest absolute Gasteiger partial charge is 0.336 e. The van der Waals surface area contributed by atoms with Gasteiger partial charge in [0.25, 0.3) is 5.91 Å². The zero-order valence-electron chi connectivity index (χ0n) is 13.5. The predicted octanol–water partition coefficient (Wildman–Crippen LogP) is 3.41. The first-order valence-electron chi connectivity index (χ1n) is 7.32. The second kappa shape index (κ2) is 6.78. The fourth-order valence-electron chi connectivity index (χ4n) is 2.27. The molecule has 2 aromatic heterocycles. The highest BCUT2D eigenvalue weighted by molar-refractivity contribution is 7.14. The molecule has 3 N–H and O–H groups in total.